The van der Waals surface area contributed by atoms with Crippen LogP contribution in [0.2, 0.25) is 0 Å². The molecule has 0 saturated heterocycles. The zero-order valence-corrected chi connectivity index (χ0v) is 16.5. The van der Waals surface area contributed by atoms with Gasteiger partial charge in [0.15, 0.2) is 12.3 Å². The van der Waals surface area contributed by atoms with Crippen LogP contribution in [0.15, 0.2) is 29.1 Å². The molecule has 0 saturated carbocycles. The number of nitrogens with zero attached hydrogens (tertiary/aromatic N) is 2. The Labute approximate surface area is 158 Å². The normalized spacial score (nSPS) is 12.4. The van der Waals surface area contributed by atoms with Crippen molar-refractivity contribution in [3.05, 3.63) is 40.3 Å². The van der Waals surface area contributed by atoms with E-state index < -0.39 is 12.6 Å². The molecule has 146 valence electrons. The monoisotopic (exact) mass is 373 g/mol. The summed E-state index contributed by atoms with van der Waals surface area (Å²) in [5, 5.41) is 7.80. The molecule has 2 rings (SSSR count). The number of benzene rings is 1. The Morgan fingerprint density at radius 3 is 2.33 bits per heavy atom. The van der Waals surface area contributed by atoms with E-state index in [0.717, 1.165) is 0 Å². The van der Waals surface area contributed by atoms with Crippen LogP contribution in [-0.4, -0.2) is 34.3 Å². The van der Waals surface area contributed by atoms with E-state index in [4.69, 9.17) is 4.74 Å². The number of hydrogen-bond acceptors (Lipinski definition) is 5. The van der Waals surface area contributed by atoms with Crippen molar-refractivity contribution in [2.24, 2.45) is 11.8 Å². The van der Waals surface area contributed by atoms with E-state index in [2.05, 4.69) is 10.4 Å². The van der Waals surface area contributed by atoms with Gasteiger partial charge in [0.25, 0.3) is 11.5 Å². The smallest absolute Gasteiger partial charge is 0.359 e. The van der Waals surface area contributed by atoms with Crippen LogP contribution < -0.4 is 10.9 Å². The summed E-state index contributed by atoms with van der Waals surface area (Å²) < 4.78 is 6.43. The number of esters is 1. The van der Waals surface area contributed by atoms with Crippen LogP contribution in [-0.2, 0) is 16.1 Å². The van der Waals surface area contributed by atoms with Crippen LogP contribution in [0, 0.1) is 11.8 Å². The predicted octanol–water partition coefficient (Wildman–Crippen LogP) is 2.37. The van der Waals surface area contributed by atoms with Crippen LogP contribution in [0.3, 0.4) is 0 Å². The third-order valence-corrected chi connectivity index (χ3v) is 4.32. The average Bonchev–Trinajstić information content (AvgIpc) is 2.61. The summed E-state index contributed by atoms with van der Waals surface area (Å²) in [6.07, 6.45) is 0. The van der Waals surface area contributed by atoms with E-state index in [1.165, 1.54) is 4.68 Å². The number of amides is 1. The standard InChI is InChI=1S/C20H27N3O4/c1-12(2)10-23-19(25)16-9-7-6-8-15(16)18(22-23)20(26)27-11-17(24)21-14(5)13(3)4/h6-9,12-14H,10-11H2,1-5H3,(H,21,24)/t14-/m1/s1. The van der Waals surface area contributed by atoms with E-state index in [1.807, 2.05) is 34.6 Å². The molecule has 0 spiro atoms. The van der Waals surface area contributed by atoms with Crippen molar-refractivity contribution in [2.45, 2.75) is 47.2 Å². The van der Waals surface area contributed by atoms with E-state index in [9.17, 15) is 14.4 Å². The first-order valence-electron chi connectivity index (χ1n) is 9.17. The Morgan fingerprint density at radius 1 is 1.11 bits per heavy atom. The Hall–Kier alpha value is -2.70. The van der Waals surface area contributed by atoms with Crippen molar-refractivity contribution in [2.75, 3.05) is 6.61 Å². The van der Waals surface area contributed by atoms with Gasteiger partial charge in [-0.1, -0.05) is 45.9 Å². The molecule has 1 atom stereocenters. The van der Waals surface area contributed by atoms with Gasteiger partial charge in [-0.2, -0.15) is 5.10 Å². The summed E-state index contributed by atoms with van der Waals surface area (Å²) in [7, 11) is 0. The predicted molar refractivity (Wildman–Crippen MR) is 104 cm³/mol. The summed E-state index contributed by atoms with van der Waals surface area (Å²) >= 11 is 0. The lowest BCUT2D eigenvalue weighted by atomic mass is 10.1. The lowest BCUT2D eigenvalue weighted by Gasteiger charge is -2.17. The molecule has 1 heterocycles. The van der Waals surface area contributed by atoms with Gasteiger partial charge in [-0.25, -0.2) is 9.48 Å². The molecule has 7 nitrogen and oxygen atoms in total. The molecule has 0 aliphatic carbocycles. The Bertz CT molecular complexity index is 886. The minimum atomic E-state index is -0.726. The highest BCUT2D eigenvalue weighted by Crippen LogP contribution is 2.15. The number of aromatic nitrogens is 2. The minimum absolute atomic E-state index is 0.0249. The lowest BCUT2D eigenvalue weighted by molar-refractivity contribution is -0.125. The molecule has 0 aliphatic heterocycles. The number of carbonyl (C=O) groups is 2. The third-order valence-electron chi connectivity index (χ3n) is 4.32. The molecule has 27 heavy (non-hydrogen) atoms. The SMILES string of the molecule is CC(C)Cn1nc(C(=O)OCC(=O)N[C@H](C)C(C)C)c2ccccc2c1=O. The van der Waals surface area contributed by atoms with Gasteiger partial charge in [0.1, 0.15) is 0 Å². The fourth-order valence-electron chi connectivity index (χ4n) is 2.52. The second-order valence-electron chi connectivity index (χ2n) is 7.45. The summed E-state index contributed by atoms with van der Waals surface area (Å²) in [5.41, 5.74) is -0.213. The quantitative estimate of drug-likeness (QED) is 0.753. The van der Waals surface area contributed by atoms with Crippen LogP contribution in [0.25, 0.3) is 10.8 Å². The molecule has 0 aliphatic rings. The van der Waals surface area contributed by atoms with Crippen LogP contribution in [0.1, 0.15) is 45.1 Å². The first-order valence-corrected chi connectivity index (χ1v) is 9.17. The van der Waals surface area contributed by atoms with Gasteiger partial charge in [-0.15, -0.1) is 0 Å². The number of rotatable bonds is 7. The molecule has 2 aromatic rings. The summed E-state index contributed by atoms with van der Waals surface area (Å²) in [4.78, 5) is 37.1. The van der Waals surface area contributed by atoms with Gasteiger partial charge in [0, 0.05) is 18.0 Å². The third kappa shape index (κ3) is 5.15. The Morgan fingerprint density at radius 2 is 1.74 bits per heavy atom. The van der Waals surface area contributed by atoms with Crippen molar-refractivity contribution >= 4 is 22.6 Å². The molecule has 1 aromatic heterocycles. The van der Waals surface area contributed by atoms with Crippen LogP contribution >= 0.6 is 0 Å². The first kappa shape index (κ1) is 20.6. The molecule has 0 fully saturated rings. The molecule has 1 amide bonds. The number of carbonyl (C=O) groups excluding carboxylic acids is 2. The van der Waals surface area contributed by atoms with Gasteiger partial charge in [-0.3, -0.25) is 9.59 Å². The van der Waals surface area contributed by atoms with Gasteiger partial charge in [0.05, 0.1) is 5.39 Å². The van der Waals surface area contributed by atoms with Crippen molar-refractivity contribution in [3.8, 4) is 0 Å². The maximum Gasteiger partial charge on any atom is 0.359 e. The van der Waals surface area contributed by atoms with E-state index in [-0.39, 0.29) is 35.0 Å². The van der Waals surface area contributed by atoms with E-state index in [1.54, 1.807) is 24.3 Å². The maximum absolute atomic E-state index is 12.6. The zero-order valence-electron chi connectivity index (χ0n) is 16.5. The highest BCUT2D eigenvalue weighted by molar-refractivity contribution is 6.02. The molecule has 1 N–H and O–H groups in total. The van der Waals surface area contributed by atoms with Gasteiger partial charge < -0.3 is 10.1 Å². The highest BCUT2D eigenvalue weighted by atomic mass is 16.5. The number of hydrogen-bond donors (Lipinski definition) is 1. The minimum Gasteiger partial charge on any atom is -0.451 e. The topological polar surface area (TPSA) is 90.3 Å². The lowest BCUT2D eigenvalue weighted by Crippen LogP contribution is -2.38. The van der Waals surface area contributed by atoms with E-state index >= 15 is 0 Å². The summed E-state index contributed by atoms with van der Waals surface area (Å²) in [5.74, 6) is -0.640. The van der Waals surface area contributed by atoms with Gasteiger partial charge in [-0.05, 0) is 24.8 Å². The first-order chi connectivity index (χ1) is 12.7. The maximum atomic E-state index is 12.6. The molecular weight excluding hydrogens is 346 g/mol. The Balaban J connectivity index is 2.26. The molecule has 0 unspecified atom stereocenters. The fourth-order valence-corrected chi connectivity index (χ4v) is 2.52. The van der Waals surface area contributed by atoms with E-state index in [0.29, 0.717) is 17.3 Å². The molecule has 7 heteroatoms. The van der Waals surface area contributed by atoms with Gasteiger partial charge in [0.2, 0.25) is 0 Å². The second-order valence-corrected chi connectivity index (χ2v) is 7.45. The van der Waals surface area contributed by atoms with Gasteiger partial charge >= 0.3 is 5.97 Å². The Kier molecular flexibility index (Phi) is 6.71. The largest absolute Gasteiger partial charge is 0.451 e. The summed E-state index contributed by atoms with van der Waals surface area (Å²) in [6, 6.07) is 6.75. The average molecular weight is 373 g/mol. The van der Waals surface area contributed by atoms with Crippen LogP contribution in [0.4, 0.5) is 0 Å². The number of ether oxygens (including phenoxy) is 1. The molecular formula is C20H27N3O4. The summed E-state index contributed by atoms with van der Waals surface area (Å²) in [6.45, 7) is 9.78. The zero-order chi connectivity index (χ0) is 20.1. The van der Waals surface area contributed by atoms with Crippen molar-refractivity contribution < 1.29 is 14.3 Å². The molecule has 1 aromatic carbocycles. The second kappa shape index (κ2) is 8.79. The number of nitrogens with one attached hydrogen (secondary N) is 1. The number of fused-ring (bicyclic) bond motifs is 1. The van der Waals surface area contributed by atoms with Crippen molar-refractivity contribution in [1.29, 1.82) is 0 Å². The molecule has 0 radical (unpaired) electrons. The fraction of sp³-hybridized carbons (Fsp3) is 0.500. The van der Waals surface area contributed by atoms with Crippen molar-refractivity contribution in [3.63, 3.8) is 0 Å². The van der Waals surface area contributed by atoms with Crippen LogP contribution in [0.5, 0.6) is 0 Å². The van der Waals surface area contributed by atoms with Crippen molar-refractivity contribution in [1.82, 2.24) is 15.1 Å². The highest BCUT2D eigenvalue weighted by Gasteiger charge is 2.20. The molecule has 0 bridgehead atoms.